The number of aliphatic carboxylic acids is 1. The van der Waals surface area contributed by atoms with Gasteiger partial charge in [0.05, 0.1) is 11.4 Å². The number of carboxylic acid groups (broad SMARTS) is 1. The van der Waals surface area contributed by atoms with Crippen LogP contribution in [-0.2, 0) is 14.4 Å². The third-order valence-corrected chi connectivity index (χ3v) is 3.17. The molecule has 2 heterocycles. The summed E-state index contributed by atoms with van der Waals surface area (Å²) >= 11 is 1.46. The molecule has 0 bridgehead atoms. The molecule has 1 saturated heterocycles. The summed E-state index contributed by atoms with van der Waals surface area (Å²) in [5, 5.41) is 17.8. The Morgan fingerprint density at radius 2 is 1.95 bits per heavy atom. The first-order chi connectivity index (χ1) is 9.50. The van der Waals surface area contributed by atoms with Crippen LogP contribution in [0.25, 0.3) is 0 Å². The Morgan fingerprint density at radius 3 is 2.35 bits per heavy atom. The fourth-order valence-corrected chi connectivity index (χ4v) is 2.04. The van der Waals surface area contributed by atoms with Gasteiger partial charge in [0.1, 0.15) is 0 Å². The second-order valence-electron chi connectivity index (χ2n) is 3.76. The predicted molar refractivity (Wildman–Crippen MR) is 70.1 cm³/mol. The van der Waals surface area contributed by atoms with Gasteiger partial charge >= 0.3 is 5.97 Å². The lowest BCUT2D eigenvalue weighted by Gasteiger charge is -1.98. The van der Waals surface area contributed by atoms with Gasteiger partial charge in [-0.2, -0.15) is 5.06 Å². The van der Waals surface area contributed by atoms with Crippen LogP contribution < -0.4 is 0 Å². The molecule has 0 radical (unpaired) electrons. The molecule has 1 aliphatic rings. The summed E-state index contributed by atoms with van der Waals surface area (Å²) in [4.78, 5) is 34.7. The molecule has 1 fully saturated rings. The van der Waals surface area contributed by atoms with E-state index in [1.165, 1.54) is 11.8 Å². The second kappa shape index (κ2) is 8.28. The number of aromatic nitrogens is 1. The number of thioether (sulfide) groups is 1. The third-order valence-electron chi connectivity index (χ3n) is 2.23. The van der Waals surface area contributed by atoms with Crippen molar-refractivity contribution in [2.75, 3.05) is 5.75 Å². The lowest BCUT2D eigenvalue weighted by molar-refractivity contribution is -0.171. The van der Waals surface area contributed by atoms with Crippen LogP contribution in [0.2, 0.25) is 0 Å². The van der Waals surface area contributed by atoms with Crippen molar-refractivity contribution in [2.45, 2.75) is 24.3 Å². The number of rotatable bonds is 4. The molecule has 7 nitrogen and oxygen atoms in total. The smallest absolute Gasteiger partial charge is 0.304 e. The van der Waals surface area contributed by atoms with Crippen molar-refractivity contribution in [3.05, 3.63) is 24.4 Å². The van der Waals surface area contributed by atoms with E-state index in [1.54, 1.807) is 6.20 Å². The highest BCUT2D eigenvalue weighted by Gasteiger charge is 2.26. The highest BCUT2D eigenvalue weighted by molar-refractivity contribution is 7.99. The number of hydrogen-bond donors (Lipinski definition) is 2. The Morgan fingerprint density at radius 1 is 1.30 bits per heavy atom. The second-order valence-corrected chi connectivity index (χ2v) is 4.87. The van der Waals surface area contributed by atoms with Crippen LogP contribution in [0.5, 0.6) is 0 Å². The van der Waals surface area contributed by atoms with Crippen LogP contribution >= 0.6 is 11.8 Å². The van der Waals surface area contributed by atoms with Crippen molar-refractivity contribution in [3.8, 4) is 0 Å². The molecule has 0 unspecified atom stereocenters. The molecular weight excluding hydrogens is 284 g/mol. The largest absolute Gasteiger partial charge is 0.481 e. The highest BCUT2D eigenvalue weighted by Crippen LogP contribution is 2.14. The molecular formula is C12H14N2O5S. The van der Waals surface area contributed by atoms with Gasteiger partial charge in [0.2, 0.25) is 0 Å². The van der Waals surface area contributed by atoms with E-state index in [9.17, 15) is 14.4 Å². The first kappa shape index (κ1) is 16.1. The number of nitrogens with zero attached hydrogens (tertiary/aromatic N) is 2. The van der Waals surface area contributed by atoms with Crippen LogP contribution in [0, 0.1) is 0 Å². The van der Waals surface area contributed by atoms with Crippen molar-refractivity contribution < 1.29 is 24.7 Å². The molecule has 2 rings (SSSR count). The summed E-state index contributed by atoms with van der Waals surface area (Å²) < 4.78 is 0. The van der Waals surface area contributed by atoms with Gasteiger partial charge in [0.25, 0.3) is 11.8 Å². The highest BCUT2D eigenvalue weighted by atomic mass is 32.2. The van der Waals surface area contributed by atoms with Gasteiger partial charge in [-0.05, 0) is 12.1 Å². The minimum Gasteiger partial charge on any atom is -0.481 e. The van der Waals surface area contributed by atoms with Gasteiger partial charge in [0, 0.05) is 24.8 Å². The van der Waals surface area contributed by atoms with E-state index in [4.69, 9.17) is 10.3 Å². The lowest BCUT2D eigenvalue weighted by Crippen LogP contribution is -2.24. The summed E-state index contributed by atoms with van der Waals surface area (Å²) in [5.41, 5.74) is 0. The van der Waals surface area contributed by atoms with Crippen LogP contribution in [0.3, 0.4) is 0 Å². The molecule has 1 aromatic rings. The summed E-state index contributed by atoms with van der Waals surface area (Å²) in [6.45, 7) is 0. The van der Waals surface area contributed by atoms with Crippen molar-refractivity contribution in [1.82, 2.24) is 10.0 Å². The fourth-order valence-electron chi connectivity index (χ4n) is 1.24. The molecule has 2 N–H and O–H groups in total. The molecule has 2 amide bonds. The molecule has 8 heteroatoms. The standard InChI is InChI=1S/C8H9NO2S.C4H5NO3/c10-8(11)4-6-12-7-3-1-2-5-9-7;6-3-1-2-4(7)5(3)8/h1-3,5H,4,6H2,(H,10,11);8H,1-2H2. The Balaban J connectivity index is 0.000000217. The van der Waals surface area contributed by atoms with E-state index in [2.05, 4.69) is 4.98 Å². The van der Waals surface area contributed by atoms with Crippen LogP contribution in [0.4, 0.5) is 0 Å². The minimum absolute atomic E-state index is 0.148. The zero-order valence-corrected chi connectivity index (χ0v) is 11.4. The van der Waals surface area contributed by atoms with Gasteiger partial charge in [-0.1, -0.05) is 6.07 Å². The number of hydroxylamine groups is 2. The number of carbonyl (C=O) groups excluding carboxylic acids is 2. The van der Waals surface area contributed by atoms with E-state index in [0.29, 0.717) is 5.75 Å². The maximum absolute atomic E-state index is 10.2. The number of pyridine rings is 1. The normalized spacial score (nSPS) is 13.9. The van der Waals surface area contributed by atoms with Gasteiger partial charge < -0.3 is 5.11 Å². The third kappa shape index (κ3) is 5.81. The van der Waals surface area contributed by atoms with E-state index >= 15 is 0 Å². The molecule has 0 aliphatic carbocycles. The van der Waals surface area contributed by atoms with Crippen molar-refractivity contribution in [2.24, 2.45) is 0 Å². The van der Waals surface area contributed by atoms with Gasteiger partial charge in [-0.15, -0.1) is 11.8 Å². The topological polar surface area (TPSA) is 108 Å². The maximum atomic E-state index is 10.2. The zero-order chi connectivity index (χ0) is 15.0. The average molecular weight is 298 g/mol. The number of carbonyl (C=O) groups is 3. The molecule has 1 aromatic heterocycles. The number of carboxylic acids is 1. The molecule has 108 valence electrons. The fraction of sp³-hybridized carbons (Fsp3) is 0.333. The SMILES string of the molecule is O=C(O)CCSc1ccccn1.O=C1CCC(=O)N1O. The Kier molecular flexibility index (Phi) is 6.68. The van der Waals surface area contributed by atoms with Crippen LogP contribution in [-0.4, -0.2) is 43.9 Å². The van der Waals surface area contributed by atoms with Gasteiger partial charge in [-0.25, -0.2) is 4.98 Å². The van der Waals surface area contributed by atoms with Crippen molar-refractivity contribution in [1.29, 1.82) is 0 Å². The Hall–Kier alpha value is -1.93. The molecule has 0 saturated carbocycles. The van der Waals surface area contributed by atoms with E-state index in [1.807, 2.05) is 18.2 Å². The summed E-state index contributed by atoms with van der Waals surface area (Å²) in [5.74, 6) is -1.20. The molecule has 0 atom stereocenters. The van der Waals surface area contributed by atoms with Gasteiger partial charge in [0.15, 0.2) is 0 Å². The monoisotopic (exact) mass is 298 g/mol. The minimum atomic E-state index is -0.765. The van der Waals surface area contributed by atoms with E-state index in [0.717, 1.165) is 5.03 Å². The predicted octanol–water partition coefficient (Wildman–Crippen LogP) is 1.17. The Bertz CT molecular complexity index is 464. The zero-order valence-electron chi connectivity index (χ0n) is 10.6. The van der Waals surface area contributed by atoms with Crippen molar-refractivity contribution >= 4 is 29.5 Å². The average Bonchev–Trinajstić information content (AvgIpc) is 2.72. The maximum Gasteiger partial charge on any atom is 0.304 e. The first-order valence-electron chi connectivity index (χ1n) is 5.81. The number of imide groups is 1. The number of amides is 2. The van der Waals surface area contributed by atoms with Crippen molar-refractivity contribution in [3.63, 3.8) is 0 Å². The first-order valence-corrected chi connectivity index (χ1v) is 6.79. The van der Waals surface area contributed by atoms with Crippen LogP contribution in [0.15, 0.2) is 29.4 Å². The Labute approximate surface area is 119 Å². The van der Waals surface area contributed by atoms with Crippen LogP contribution in [0.1, 0.15) is 19.3 Å². The molecule has 1 aliphatic heterocycles. The summed E-state index contributed by atoms with van der Waals surface area (Å²) in [6, 6.07) is 5.59. The lowest BCUT2D eigenvalue weighted by atomic mass is 10.4. The summed E-state index contributed by atoms with van der Waals surface area (Å²) in [7, 11) is 0. The van der Waals surface area contributed by atoms with E-state index < -0.39 is 17.8 Å². The quantitative estimate of drug-likeness (QED) is 0.488. The molecule has 20 heavy (non-hydrogen) atoms. The van der Waals surface area contributed by atoms with E-state index in [-0.39, 0.29) is 24.3 Å². The number of hydrogen-bond acceptors (Lipinski definition) is 6. The summed E-state index contributed by atoms with van der Waals surface area (Å²) in [6.07, 6.45) is 2.18. The molecule has 0 aromatic carbocycles. The molecule has 0 spiro atoms. The van der Waals surface area contributed by atoms with Gasteiger partial charge in [-0.3, -0.25) is 19.6 Å².